The lowest BCUT2D eigenvalue weighted by Gasteiger charge is -2.31. The molecule has 1 atom stereocenters. The first-order valence-electron chi connectivity index (χ1n) is 11.4. The summed E-state index contributed by atoms with van der Waals surface area (Å²) >= 11 is 14.2. The maximum absolute atomic E-state index is 13.8. The lowest BCUT2D eigenvalue weighted by Crippen LogP contribution is -2.38. The second-order valence-corrected chi connectivity index (χ2v) is 10.5. The summed E-state index contributed by atoms with van der Waals surface area (Å²) in [5.41, 5.74) is 5.73. The molecular weight excluding hydrogens is 515 g/mol. The molecule has 1 N–H and O–H groups in total. The number of aromatic hydroxyl groups is 1. The summed E-state index contributed by atoms with van der Waals surface area (Å²) in [6.45, 7) is 0. The summed E-state index contributed by atoms with van der Waals surface area (Å²) in [6, 6.07) is 18.9. The third kappa shape index (κ3) is 3.68. The van der Waals surface area contributed by atoms with Crippen LogP contribution < -0.4 is 19.6 Å². The number of fused-ring (bicyclic) bond motifs is 3. The van der Waals surface area contributed by atoms with Crippen molar-refractivity contribution in [3.63, 3.8) is 0 Å². The molecule has 2 aliphatic rings. The SMILES string of the molecule is COc1cc(C=c2sc3n(c2=O)C(c2ccccc2Cl)C2=C(N=3)c3ccccc3CC2)cc(Cl)c1O. The highest BCUT2D eigenvalue weighted by molar-refractivity contribution is 7.07. The molecule has 0 radical (unpaired) electrons. The molecule has 3 aromatic carbocycles. The van der Waals surface area contributed by atoms with Gasteiger partial charge >= 0.3 is 0 Å². The van der Waals surface area contributed by atoms with Crippen LogP contribution in [0.3, 0.4) is 0 Å². The molecule has 180 valence electrons. The maximum atomic E-state index is 13.8. The van der Waals surface area contributed by atoms with Gasteiger partial charge < -0.3 is 9.84 Å². The van der Waals surface area contributed by atoms with Crippen molar-refractivity contribution in [2.75, 3.05) is 7.11 Å². The number of ether oxygens (including phenoxy) is 1. The number of benzene rings is 3. The number of thiazole rings is 1. The molecule has 6 rings (SSSR count). The average molecular weight is 535 g/mol. The molecule has 0 bridgehead atoms. The van der Waals surface area contributed by atoms with Crippen LogP contribution in [-0.4, -0.2) is 16.8 Å². The molecule has 4 aromatic rings. The Morgan fingerprint density at radius 1 is 1.08 bits per heavy atom. The number of aryl methyl sites for hydroxylation is 1. The predicted octanol–water partition coefficient (Wildman–Crippen LogP) is 5.34. The van der Waals surface area contributed by atoms with Crippen molar-refractivity contribution in [3.8, 4) is 11.5 Å². The number of hydrogen-bond donors (Lipinski definition) is 1. The van der Waals surface area contributed by atoms with E-state index in [1.54, 1.807) is 22.8 Å². The van der Waals surface area contributed by atoms with Gasteiger partial charge in [-0.05, 0) is 59.4 Å². The summed E-state index contributed by atoms with van der Waals surface area (Å²) < 4.78 is 7.48. The van der Waals surface area contributed by atoms with Gasteiger partial charge in [0, 0.05) is 10.6 Å². The molecule has 5 nitrogen and oxygen atoms in total. The Morgan fingerprint density at radius 2 is 1.86 bits per heavy atom. The summed E-state index contributed by atoms with van der Waals surface area (Å²) in [7, 11) is 1.45. The van der Waals surface area contributed by atoms with Crippen LogP contribution in [-0.2, 0) is 6.42 Å². The first kappa shape index (κ1) is 23.1. The molecule has 36 heavy (non-hydrogen) atoms. The Kier molecular flexibility index (Phi) is 5.75. The van der Waals surface area contributed by atoms with E-state index in [4.69, 9.17) is 32.9 Å². The number of nitrogens with zero attached hydrogens (tertiary/aromatic N) is 2. The molecule has 0 fully saturated rings. The fourth-order valence-electron chi connectivity index (χ4n) is 4.98. The van der Waals surface area contributed by atoms with Crippen LogP contribution in [0, 0.1) is 0 Å². The summed E-state index contributed by atoms with van der Waals surface area (Å²) in [4.78, 5) is 19.5. The second kappa shape index (κ2) is 8.96. The number of aromatic nitrogens is 1. The van der Waals surface area contributed by atoms with Crippen molar-refractivity contribution < 1.29 is 9.84 Å². The zero-order valence-electron chi connectivity index (χ0n) is 19.2. The fraction of sp³-hybridized carbons (Fsp3) is 0.143. The van der Waals surface area contributed by atoms with E-state index in [1.807, 2.05) is 36.4 Å². The number of hydrogen-bond acceptors (Lipinski definition) is 5. The van der Waals surface area contributed by atoms with Crippen molar-refractivity contribution in [1.82, 2.24) is 4.57 Å². The standard InChI is InChI=1S/C28H20Cl2N2O3S/c1-35-22-13-15(12-21(30)26(22)33)14-23-27(34)32-25(18-8-4-5-9-20(18)29)19-11-10-16-6-2-3-7-17(16)24(19)31-28(32)36-23/h2-9,12-14,25,33H,10-11H2,1H3. The molecule has 1 aliphatic carbocycles. The van der Waals surface area contributed by atoms with Gasteiger partial charge in [-0.2, -0.15) is 0 Å². The molecule has 0 saturated heterocycles. The van der Waals surface area contributed by atoms with Crippen LogP contribution in [0.5, 0.6) is 11.5 Å². The van der Waals surface area contributed by atoms with Gasteiger partial charge in [-0.25, -0.2) is 4.99 Å². The molecular formula is C28H20Cl2N2O3S. The van der Waals surface area contributed by atoms with Gasteiger partial charge in [0.15, 0.2) is 16.3 Å². The summed E-state index contributed by atoms with van der Waals surface area (Å²) in [5.74, 6) is 0.102. The number of phenolic OH excluding ortho intramolecular Hbond substituents is 1. The minimum absolute atomic E-state index is 0.136. The summed E-state index contributed by atoms with van der Waals surface area (Å²) in [5, 5.41) is 10.9. The third-order valence-corrected chi connectivity index (χ3v) is 8.26. The Balaban J connectivity index is 1.63. The highest BCUT2D eigenvalue weighted by atomic mass is 35.5. The van der Waals surface area contributed by atoms with E-state index in [9.17, 15) is 9.90 Å². The van der Waals surface area contributed by atoms with Crippen molar-refractivity contribution in [2.45, 2.75) is 18.9 Å². The van der Waals surface area contributed by atoms with Gasteiger partial charge in [0.05, 0.1) is 28.4 Å². The first-order valence-corrected chi connectivity index (χ1v) is 13.0. The molecule has 8 heteroatoms. The molecule has 2 heterocycles. The van der Waals surface area contributed by atoms with Crippen molar-refractivity contribution in [2.24, 2.45) is 4.99 Å². The van der Waals surface area contributed by atoms with E-state index < -0.39 is 0 Å². The highest BCUT2D eigenvalue weighted by Crippen LogP contribution is 2.42. The maximum Gasteiger partial charge on any atom is 0.271 e. The normalized spacial score (nSPS) is 16.8. The van der Waals surface area contributed by atoms with E-state index in [0.29, 0.717) is 19.9 Å². The average Bonchev–Trinajstić information content (AvgIpc) is 3.19. The van der Waals surface area contributed by atoms with E-state index >= 15 is 0 Å². The fourth-order valence-corrected chi connectivity index (χ4v) is 6.44. The third-order valence-electron chi connectivity index (χ3n) is 6.64. The lowest BCUT2D eigenvalue weighted by atomic mass is 9.83. The van der Waals surface area contributed by atoms with Gasteiger partial charge in [0.25, 0.3) is 5.56 Å². The van der Waals surface area contributed by atoms with Crippen LogP contribution in [0.15, 0.2) is 76.0 Å². The Labute approximate surface area is 220 Å². The lowest BCUT2D eigenvalue weighted by molar-refractivity contribution is 0.373. The Morgan fingerprint density at radius 3 is 2.67 bits per heavy atom. The number of phenols is 1. The van der Waals surface area contributed by atoms with E-state index in [0.717, 1.165) is 35.2 Å². The molecule has 0 spiro atoms. The van der Waals surface area contributed by atoms with Crippen molar-refractivity contribution in [1.29, 1.82) is 0 Å². The highest BCUT2D eigenvalue weighted by Gasteiger charge is 2.33. The number of rotatable bonds is 3. The zero-order valence-corrected chi connectivity index (χ0v) is 21.5. The van der Waals surface area contributed by atoms with E-state index in [-0.39, 0.29) is 28.1 Å². The smallest absolute Gasteiger partial charge is 0.271 e. The van der Waals surface area contributed by atoms with Gasteiger partial charge in [0.1, 0.15) is 0 Å². The van der Waals surface area contributed by atoms with Crippen LogP contribution in [0.1, 0.15) is 34.7 Å². The quantitative estimate of drug-likeness (QED) is 0.385. The molecule has 1 aliphatic heterocycles. The largest absolute Gasteiger partial charge is 0.503 e. The molecule has 0 amide bonds. The number of methoxy groups -OCH3 is 1. The van der Waals surface area contributed by atoms with Gasteiger partial charge in [-0.15, -0.1) is 0 Å². The number of halogens is 2. The molecule has 1 unspecified atom stereocenters. The number of allylic oxidation sites excluding steroid dienone is 1. The second-order valence-electron chi connectivity index (χ2n) is 8.69. The Hall–Kier alpha value is -3.32. The zero-order chi connectivity index (χ0) is 25.0. The monoisotopic (exact) mass is 534 g/mol. The van der Waals surface area contributed by atoms with Gasteiger partial charge in [0.2, 0.25) is 0 Å². The minimum atomic E-state index is -0.349. The van der Waals surface area contributed by atoms with Crippen molar-refractivity contribution in [3.05, 3.63) is 118 Å². The molecule has 1 aromatic heterocycles. The van der Waals surface area contributed by atoms with Crippen LogP contribution in [0.4, 0.5) is 0 Å². The topological polar surface area (TPSA) is 63.8 Å². The first-order chi connectivity index (χ1) is 17.5. The Bertz CT molecular complexity index is 1750. The molecule has 0 saturated carbocycles. The van der Waals surface area contributed by atoms with Gasteiger partial charge in [-0.1, -0.05) is 77.0 Å². The van der Waals surface area contributed by atoms with E-state index in [1.165, 1.54) is 24.0 Å². The minimum Gasteiger partial charge on any atom is -0.503 e. The van der Waals surface area contributed by atoms with Crippen LogP contribution >= 0.6 is 34.5 Å². The van der Waals surface area contributed by atoms with Crippen molar-refractivity contribution >= 4 is 46.3 Å². The predicted molar refractivity (Wildman–Crippen MR) is 144 cm³/mol. The van der Waals surface area contributed by atoms with Gasteiger partial charge in [-0.3, -0.25) is 9.36 Å². The van der Waals surface area contributed by atoms with E-state index in [2.05, 4.69) is 12.1 Å². The van der Waals surface area contributed by atoms with Crippen LogP contribution in [0.2, 0.25) is 10.0 Å². The van der Waals surface area contributed by atoms with Crippen LogP contribution in [0.25, 0.3) is 11.8 Å². The summed E-state index contributed by atoms with van der Waals surface area (Å²) in [6.07, 6.45) is 3.42.